The Kier molecular flexibility index (Phi) is 6.85. The third-order valence-electron chi connectivity index (χ3n) is 7.60. The molecule has 4 aliphatic rings. The van der Waals surface area contributed by atoms with Crippen molar-refractivity contribution < 1.29 is 58.2 Å². The number of aliphatic carboxylic acids is 2. The number of hydrogen-bond acceptors (Lipinski definition) is 16. The second-order valence-electron chi connectivity index (χ2n) is 10.5. The number of H-pyrrole nitrogens is 2. The largest absolute Gasteiger partial charge is 0.478 e. The van der Waals surface area contributed by atoms with Crippen LogP contribution in [0.4, 0.5) is 5.13 Å². The van der Waals surface area contributed by atoms with E-state index < -0.39 is 112 Å². The number of aromatic amines is 2. The summed E-state index contributed by atoms with van der Waals surface area (Å²) in [6.45, 7) is -0.594. The standard InChI is InChI=1S/C24H19N7O14S/c25-22-26-8(6-46-22)11(29-45-23(1-2-23)20(39)40)10(32)3-7-5-43-31(16(7)35)24(21(41)42)4-9(19(38)44-24)30-17(36)12-13(18(30)37)28-15(34)14(33)27-12/h6-7,9H,1-5H2,(H2,25,26)(H,27,33)(H,28,34)(H,39,40)(H,41,42)/b29-11-/t7-,9?,24?/m0/s1. The van der Waals surface area contributed by atoms with Crippen molar-refractivity contribution >= 4 is 63.6 Å². The van der Waals surface area contributed by atoms with E-state index in [4.69, 9.17) is 20.1 Å². The second-order valence-corrected chi connectivity index (χ2v) is 11.4. The van der Waals surface area contributed by atoms with Crippen molar-refractivity contribution in [3.8, 4) is 0 Å². The van der Waals surface area contributed by atoms with Gasteiger partial charge in [0.25, 0.3) is 17.7 Å². The van der Waals surface area contributed by atoms with Crippen molar-refractivity contribution in [2.75, 3.05) is 12.3 Å². The van der Waals surface area contributed by atoms with Gasteiger partial charge in [-0.15, -0.1) is 11.3 Å². The Bertz CT molecular complexity index is 1880. The van der Waals surface area contributed by atoms with Crippen LogP contribution in [0.15, 0.2) is 20.1 Å². The van der Waals surface area contributed by atoms with Crippen molar-refractivity contribution in [2.24, 2.45) is 11.1 Å². The molecule has 2 aromatic heterocycles. The van der Waals surface area contributed by atoms with Crippen LogP contribution < -0.4 is 16.9 Å². The van der Waals surface area contributed by atoms with Gasteiger partial charge >= 0.3 is 34.8 Å². The first-order valence-electron chi connectivity index (χ1n) is 13.1. The van der Waals surface area contributed by atoms with E-state index in [1.807, 2.05) is 9.97 Å². The van der Waals surface area contributed by atoms with Gasteiger partial charge in [-0.3, -0.25) is 38.5 Å². The number of nitrogens with two attached hydrogens (primary N) is 1. The molecular formula is C24H19N7O14S. The average Bonchev–Trinajstić information content (AvgIpc) is 3.21. The maximum Gasteiger partial charge on any atom is 0.372 e. The topological polar surface area (TPSA) is 311 Å². The van der Waals surface area contributed by atoms with Crippen molar-refractivity contribution in [3.63, 3.8) is 0 Å². The lowest BCUT2D eigenvalue weighted by molar-refractivity contribution is -0.256. The summed E-state index contributed by atoms with van der Waals surface area (Å²) < 4.78 is 5.06. The Morgan fingerprint density at radius 3 is 2.22 bits per heavy atom. The fraction of sp³-hybridized carbons (Fsp3) is 0.375. The third kappa shape index (κ3) is 4.61. The summed E-state index contributed by atoms with van der Waals surface area (Å²) >= 11 is 0.938. The number of nitrogen functional groups attached to an aromatic ring is 1. The van der Waals surface area contributed by atoms with E-state index in [-0.39, 0.29) is 33.6 Å². The molecule has 5 heterocycles. The lowest BCUT2D eigenvalue weighted by Crippen LogP contribution is -2.56. The van der Waals surface area contributed by atoms with E-state index in [1.54, 1.807) is 0 Å². The number of carbonyl (C=O) groups is 7. The zero-order chi connectivity index (χ0) is 33.3. The van der Waals surface area contributed by atoms with Crippen molar-refractivity contribution in [1.29, 1.82) is 0 Å². The van der Waals surface area contributed by atoms with Crippen LogP contribution in [0.3, 0.4) is 0 Å². The number of carbonyl (C=O) groups excluding carboxylic acids is 5. The van der Waals surface area contributed by atoms with Crippen LogP contribution in [0.5, 0.6) is 0 Å². The molecule has 6 rings (SSSR count). The summed E-state index contributed by atoms with van der Waals surface area (Å²) in [7, 11) is 0. The number of thiazole rings is 1. The first-order chi connectivity index (χ1) is 21.7. The molecule has 0 bridgehead atoms. The smallest absolute Gasteiger partial charge is 0.372 e. The molecule has 46 heavy (non-hydrogen) atoms. The molecule has 1 saturated carbocycles. The molecule has 0 aromatic carbocycles. The van der Waals surface area contributed by atoms with Crippen LogP contribution in [-0.2, 0) is 38.4 Å². The number of hydroxylamine groups is 2. The number of ketones is 1. The summed E-state index contributed by atoms with van der Waals surface area (Å²) in [6.07, 6.45) is -1.45. The van der Waals surface area contributed by atoms with E-state index in [9.17, 15) is 53.4 Å². The van der Waals surface area contributed by atoms with Gasteiger partial charge in [0.1, 0.15) is 23.1 Å². The first kappa shape index (κ1) is 30.3. The van der Waals surface area contributed by atoms with Crippen LogP contribution in [0.2, 0.25) is 0 Å². The highest BCUT2D eigenvalue weighted by molar-refractivity contribution is 7.13. The molecule has 3 aliphatic heterocycles. The lowest BCUT2D eigenvalue weighted by Gasteiger charge is -2.31. The molecule has 6 N–H and O–H groups in total. The highest BCUT2D eigenvalue weighted by atomic mass is 32.1. The number of nitrogens with one attached hydrogen (secondary N) is 2. The van der Waals surface area contributed by atoms with Crippen LogP contribution >= 0.6 is 11.3 Å². The summed E-state index contributed by atoms with van der Waals surface area (Å²) in [6, 6.07) is -1.94. The fourth-order valence-electron chi connectivity index (χ4n) is 5.00. The zero-order valence-electron chi connectivity index (χ0n) is 22.8. The molecule has 1 aliphatic carbocycles. The number of rotatable bonds is 10. The first-order valence-corrected chi connectivity index (χ1v) is 14.0. The Labute approximate surface area is 256 Å². The molecule has 21 nitrogen and oxygen atoms in total. The number of hydrogen-bond donors (Lipinski definition) is 5. The summed E-state index contributed by atoms with van der Waals surface area (Å²) in [5.41, 5.74) is -3.25. The maximum absolute atomic E-state index is 13.4. The van der Waals surface area contributed by atoms with Crippen molar-refractivity contribution in [2.45, 2.75) is 43.1 Å². The Hall–Kier alpha value is -5.77. The minimum atomic E-state index is -2.91. The number of carboxylic acids is 2. The summed E-state index contributed by atoms with van der Waals surface area (Å²) in [5, 5.41) is 24.8. The van der Waals surface area contributed by atoms with Gasteiger partial charge in [-0.1, -0.05) is 5.16 Å². The SMILES string of the molecule is Nc1nc(/C(=N/OC2(C(=O)O)CC2)C(=O)C[C@H]2CON(C3(C(=O)O)CC(N4C(=O)c5[nH]c(=O)c(=O)[nH]c5C4=O)C(=O)O3)C2=O)cs1. The molecule has 22 heteroatoms. The maximum atomic E-state index is 13.4. The normalized spacial score (nSPS) is 25.1. The molecule has 2 aromatic rings. The lowest BCUT2D eigenvalue weighted by atomic mass is 9.98. The van der Waals surface area contributed by atoms with Crippen LogP contribution in [0, 0.1) is 5.92 Å². The Morgan fingerprint density at radius 2 is 1.70 bits per heavy atom. The minimum absolute atomic E-state index is 0.0399. The van der Waals surface area contributed by atoms with E-state index >= 15 is 0 Å². The third-order valence-corrected chi connectivity index (χ3v) is 8.28. The second kappa shape index (κ2) is 10.4. The molecule has 0 spiro atoms. The number of aromatic nitrogens is 3. The monoisotopic (exact) mass is 661 g/mol. The highest BCUT2D eigenvalue weighted by Crippen LogP contribution is 2.41. The molecule has 240 valence electrons. The predicted molar refractivity (Wildman–Crippen MR) is 143 cm³/mol. The van der Waals surface area contributed by atoms with Crippen molar-refractivity contribution in [3.05, 3.63) is 43.2 Å². The number of fused-ring (bicyclic) bond motifs is 1. The van der Waals surface area contributed by atoms with E-state index in [0.717, 1.165) is 11.3 Å². The van der Waals surface area contributed by atoms with E-state index in [2.05, 4.69) is 10.1 Å². The molecule has 2 saturated heterocycles. The van der Waals surface area contributed by atoms with Gasteiger partial charge in [0.05, 0.1) is 18.9 Å². The summed E-state index contributed by atoms with van der Waals surface area (Å²) in [4.78, 5) is 131. The Balaban J connectivity index is 1.22. The number of cyclic esters (lactones) is 1. The number of oxime groups is 1. The summed E-state index contributed by atoms with van der Waals surface area (Å²) in [5.74, 6) is -10.6. The van der Waals surface area contributed by atoms with Crippen molar-refractivity contribution in [1.82, 2.24) is 24.9 Å². The van der Waals surface area contributed by atoms with Gasteiger partial charge in [0.15, 0.2) is 16.6 Å². The number of esters is 1. The van der Waals surface area contributed by atoms with E-state index in [1.165, 1.54) is 5.38 Å². The number of Topliss-reactive ketones (excluding diaryl/α,β-unsaturated/α-hetero) is 1. The number of amides is 3. The molecular weight excluding hydrogens is 642 g/mol. The van der Waals surface area contributed by atoms with Gasteiger partial charge < -0.3 is 35.5 Å². The molecule has 3 fully saturated rings. The molecule has 2 unspecified atom stereocenters. The van der Waals surface area contributed by atoms with Crippen LogP contribution in [0.1, 0.15) is 52.4 Å². The number of carboxylic acid groups (broad SMARTS) is 2. The number of anilines is 1. The van der Waals surface area contributed by atoms with Gasteiger partial charge in [-0.2, -0.15) is 5.06 Å². The van der Waals surface area contributed by atoms with E-state index in [0.29, 0.717) is 0 Å². The molecule has 3 amide bonds. The van der Waals surface area contributed by atoms with Gasteiger partial charge in [-0.25, -0.2) is 19.4 Å². The fourth-order valence-corrected chi connectivity index (χ4v) is 5.55. The number of nitrogens with zero attached hydrogens (tertiary/aromatic N) is 4. The van der Waals surface area contributed by atoms with Gasteiger partial charge in [0.2, 0.25) is 5.60 Å². The number of ether oxygens (including phenoxy) is 1. The van der Waals surface area contributed by atoms with Gasteiger partial charge in [0, 0.05) is 24.6 Å². The van der Waals surface area contributed by atoms with Gasteiger partial charge in [-0.05, 0) is 0 Å². The Morgan fingerprint density at radius 1 is 1.07 bits per heavy atom. The predicted octanol–water partition coefficient (Wildman–Crippen LogP) is -2.82. The zero-order valence-corrected chi connectivity index (χ0v) is 23.7. The highest BCUT2D eigenvalue weighted by Gasteiger charge is 2.65. The average molecular weight is 662 g/mol. The number of imide groups is 1. The molecule has 0 radical (unpaired) electrons. The molecule has 3 atom stereocenters. The minimum Gasteiger partial charge on any atom is -0.478 e. The van der Waals surface area contributed by atoms with Crippen LogP contribution in [-0.4, -0.2) is 106 Å². The quantitative estimate of drug-likeness (QED) is 0.0564. The van der Waals surface area contributed by atoms with Crippen LogP contribution in [0.25, 0.3) is 0 Å².